The molecule has 2 nitrogen and oxygen atoms in total. The lowest BCUT2D eigenvalue weighted by Crippen LogP contribution is -2.28. The Morgan fingerprint density at radius 3 is 2.80 bits per heavy atom. The summed E-state index contributed by atoms with van der Waals surface area (Å²) in [6.45, 7) is 0. The van der Waals surface area contributed by atoms with E-state index in [9.17, 15) is 9.18 Å². The second-order valence-electron chi connectivity index (χ2n) is 3.93. The van der Waals surface area contributed by atoms with Crippen molar-refractivity contribution in [2.24, 2.45) is 0 Å². The largest absolute Gasteiger partial charge is 0.315 e. The number of carbonyl (C=O) groups excluding carboxylic acids is 1. The van der Waals surface area contributed by atoms with Crippen LogP contribution in [0.3, 0.4) is 0 Å². The summed E-state index contributed by atoms with van der Waals surface area (Å²) in [4.78, 5) is 13.2. The molecule has 0 saturated carbocycles. The third-order valence-electron chi connectivity index (χ3n) is 2.87. The molecule has 15 heavy (non-hydrogen) atoms. The van der Waals surface area contributed by atoms with Gasteiger partial charge in [-0.25, -0.2) is 4.39 Å². The van der Waals surface area contributed by atoms with Crippen LogP contribution in [0.2, 0.25) is 0 Å². The van der Waals surface area contributed by atoms with E-state index in [1.54, 1.807) is 18.0 Å². The summed E-state index contributed by atoms with van der Waals surface area (Å²) < 4.78 is 13.1. The smallest absolute Gasteiger partial charge is 0.226 e. The van der Waals surface area contributed by atoms with Crippen molar-refractivity contribution in [3.63, 3.8) is 0 Å². The summed E-state index contributed by atoms with van der Waals surface area (Å²) in [5, 5.41) is 0. The van der Waals surface area contributed by atoms with Gasteiger partial charge in [0.1, 0.15) is 5.82 Å². The van der Waals surface area contributed by atoms with E-state index in [0.717, 1.165) is 30.5 Å². The van der Waals surface area contributed by atoms with Crippen LogP contribution in [0, 0.1) is 5.82 Å². The van der Waals surface area contributed by atoms with Crippen molar-refractivity contribution in [1.82, 2.24) is 0 Å². The van der Waals surface area contributed by atoms with Crippen LogP contribution in [0.15, 0.2) is 18.2 Å². The summed E-state index contributed by atoms with van der Waals surface area (Å²) in [6, 6.07) is 4.68. The summed E-state index contributed by atoms with van der Waals surface area (Å²) in [5.74, 6) is -0.212. The molecule has 0 atom stereocenters. The average Bonchev–Trinajstić information content (AvgIpc) is 2.23. The van der Waals surface area contributed by atoms with Gasteiger partial charge in [-0.3, -0.25) is 4.79 Å². The van der Waals surface area contributed by atoms with E-state index >= 15 is 0 Å². The molecule has 1 aromatic carbocycles. The molecular formula is C12H14FNO. The van der Waals surface area contributed by atoms with Crippen molar-refractivity contribution in [3.8, 4) is 0 Å². The molecule has 1 amide bonds. The van der Waals surface area contributed by atoms with Gasteiger partial charge in [0.2, 0.25) is 5.91 Å². The zero-order chi connectivity index (χ0) is 10.8. The zero-order valence-corrected chi connectivity index (χ0v) is 8.79. The van der Waals surface area contributed by atoms with Crippen molar-refractivity contribution in [3.05, 3.63) is 29.6 Å². The van der Waals surface area contributed by atoms with Crippen molar-refractivity contribution in [2.45, 2.75) is 25.7 Å². The molecule has 0 bridgehead atoms. The van der Waals surface area contributed by atoms with Gasteiger partial charge in [-0.2, -0.15) is 0 Å². The maximum absolute atomic E-state index is 13.1. The lowest BCUT2D eigenvalue weighted by atomic mass is 10.0. The monoisotopic (exact) mass is 207 g/mol. The van der Waals surface area contributed by atoms with Crippen LogP contribution < -0.4 is 4.90 Å². The maximum Gasteiger partial charge on any atom is 0.226 e. The van der Waals surface area contributed by atoms with Gasteiger partial charge < -0.3 is 4.90 Å². The predicted octanol–water partition coefficient (Wildman–Crippen LogP) is 2.51. The number of anilines is 1. The molecule has 0 saturated heterocycles. The number of amides is 1. The molecule has 0 fully saturated rings. The van der Waals surface area contributed by atoms with Crippen LogP contribution >= 0.6 is 0 Å². The molecule has 0 N–H and O–H groups in total. The Bertz CT molecular complexity index is 389. The third-order valence-corrected chi connectivity index (χ3v) is 2.87. The number of rotatable bonds is 0. The van der Waals surface area contributed by atoms with E-state index in [2.05, 4.69) is 0 Å². The minimum absolute atomic E-state index is 0.0709. The van der Waals surface area contributed by atoms with Crippen molar-refractivity contribution < 1.29 is 9.18 Å². The van der Waals surface area contributed by atoms with Crippen LogP contribution in [0.5, 0.6) is 0 Å². The number of hydrogen-bond acceptors (Lipinski definition) is 1. The molecule has 3 heteroatoms. The molecule has 1 aliphatic heterocycles. The molecule has 1 aliphatic rings. The first-order valence-corrected chi connectivity index (χ1v) is 5.23. The van der Waals surface area contributed by atoms with Gasteiger partial charge >= 0.3 is 0 Å². The van der Waals surface area contributed by atoms with Crippen LogP contribution in [-0.2, 0) is 11.2 Å². The maximum atomic E-state index is 13.1. The van der Waals surface area contributed by atoms with E-state index in [-0.39, 0.29) is 11.7 Å². The number of halogens is 1. The summed E-state index contributed by atoms with van der Waals surface area (Å²) in [6.07, 6.45) is 3.40. The lowest BCUT2D eigenvalue weighted by molar-refractivity contribution is -0.118. The molecule has 1 heterocycles. The van der Waals surface area contributed by atoms with Crippen LogP contribution in [0.1, 0.15) is 24.8 Å². The number of nitrogens with zero attached hydrogens (tertiary/aromatic N) is 1. The van der Waals surface area contributed by atoms with Gasteiger partial charge in [0.15, 0.2) is 0 Å². The first kappa shape index (κ1) is 10.1. The second kappa shape index (κ2) is 4.01. The normalized spacial score (nSPS) is 16.9. The Kier molecular flexibility index (Phi) is 2.71. The highest BCUT2D eigenvalue weighted by Gasteiger charge is 2.17. The number of carbonyl (C=O) groups is 1. The Morgan fingerprint density at radius 1 is 1.27 bits per heavy atom. The summed E-state index contributed by atoms with van der Waals surface area (Å²) in [7, 11) is 1.71. The average molecular weight is 207 g/mol. The van der Waals surface area contributed by atoms with Gasteiger partial charge in [0.05, 0.1) is 0 Å². The Labute approximate surface area is 88.7 Å². The second-order valence-corrected chi connectivity index (χ2v) is 3.93. The highest BCUT2D eigenvalue weighted by Crippen LogP contribution is 2.25. The number of benzene rings is 1. The van der Waals surface area contributed by atoms with Gasteiger partial charge in [-0.05, 0) is 37.0 Å². The first-order valence-electron chi connectivity index (χ1n) is 5.23. The standard InChI is InChI=1S/C12H14FNO/c1-14-11-8-10(13)7-6-9(11)4-2-3-5-12(14)15/h6-8H,2-5H2,1H3. The predicted molar refractivity (Wildman–Crippen MR) is 57.4 cm³/mol. The van der Waals surface area contributed by atoms with Crippen LogP contribution in [0.25, 0.3) is 0 Å². The Hall–Kier alpha value is -1.38. The number of aryl methyl sites for hydroxylation is 1. The Morgan fingerprint density at radius 2 is 2.00 bits per heavy atom. The lowest BCUT2D eigenvalue weighted by Gasteiger charge is -2.23. The molecule has 0 aliphatic carbocycles. The van der Waals surface area contributed by atoms with Gasteiger partial charge in [0, 0.05) is 19.2 Å². The van der Waals surface area contributed by atoms with E-state index in [4.69, 9.17) is 0 Å². The minimum Gasteiger partial charge on any atom is -0.315 e. The molecule has 80 valence electrons. The molecule has 0 radical (unpaired) electrons. The van der Waals surface area contributed by atoms with E-state index in [1.807, 2.05) is 0 Å². The highest BCUT2D eigenvalue weighted by molar-refractivity contribution is 5.93. The quantitative estimate of drug-likeness (QED) is 0.640. The SMILES string of the molecule is CN1C(=O)CCCCc2ccc(F)cc21. The number of hydrogen-bond donors (Lipinski definition) is 0. The van der Waals surface area contributed by atoms with E-state index < -0.39 is 0 Å². The molecule has 0 spiro atoms. The van der Waals surface area contributed by atoms with Gasteiger partial charge in [0.25, 0.3) is 0 Å². The molecular weight excluding hydrogens is 193 g/mol. The summed E-state index contributed by atoms with van der Waals surface area (Å²) in [5.41, 5.74) is 1.78. The highest BCUT2D eigenvalue weighted by atomic mass is 19.1. The fourth-order valence-electron chi connectivity index (χ4n) is 1.95. The fraction of sp³-hybridized carbons (Fsp3) is 0.417. The van der Waals surface area contributed by atoms with E-state index in [0.29, 0.717) is 6.42 Å². The van der Waals surface area contributed by atoms with Gasteiger partial charge in [-0.1, -0.05) is 6.07 Å². The van der Waals surface area contributed by atoms with Gasteiger partial charge in [-0.15, -0.1) is 0 Å². The zero-order valence-electron chi connectivity index (χ0n) is 8.79. The fourth-order valence-corrected chi connectivity index (χ4v) is 1.95. The van der Waals surface area contributed by atoms with Crippen LogP contribution in [-0.4, -0.2) is 13.0 Å². The minimum atomic E-state index is -0.283. The van der Waals surface area contributed by atoms with E-state index in [1.165, 1.54) is 12.1 Å². The summed E-state index contributed by atoms with van der Waals surface area (Å²) >= 11 is 0. The first-order chi connectivity index (χ1) is 7.18. The molecule has 2 rings (SSSR count). The topological polar surface area (TPSA) is 20.3 Å². The van der Waals surface area contributed by atoms with Crippen LogP contribution in [0.4, 0.5) is 10.1 Å². The van der Waals surface area contributed by atoms with Crippen molar-refractivity contribution in [2.75, 3.05) is 11.9 Å². The Balaban J connectivity index is 2.44. The molecule has 0 aromatic heterocycles. The number of fused-ring (bicyclic) bond motifs is 1. The third kappa shape index (κ3) is 2.01. The van der Waals surface area contributed by atoms with Crippen molar-refractivity contribution >= 4 is 11.6 Å². The molecule has 0 unspecified atom stereocenters. The molecule has 1 aromatic rings. The van der Waals surface area contributed by atoms with Crippen molar-refractivity contribution in [1.29, 1.82) is 0 Å².